The molecular weight excluding hydrogens is 825 g/mol. The molecule has 0 saturated carbocycles. The maximum absolute atomic E-state index is 14.1. The van der Waals surface area contributed by atoms with Gasteiger partial charge >= 0.3 is 35.9 Å². The van der Waals surface area contributed by atoms with Crippen LogP contribution in [0.4, 0.5) is 4.79 Å². The van der Waals surface area contributed by atoms with Crippen LogP contribution in [0.2, 0.25) is 0 Å². The molecule has 1 aliphatic carbocycles. The first-order valence-corrected chi connectivity index (χ1v) is 21.3. The molecule has 0 aromatic heterocycles. The second kappa shape index (κ2) is 22.8. The molecule has 2 aliphatic rings. The lowest BCUT2D eigenvalue weighted by Gasteiger charge is -2.44. The van der Waals surface area contributed by atoms with Crippen molar-refractivity contribution in [2.75, 3.05) is 25.6 Å². The lowest BCUT2D eigenvalue weighted by atomic mass is 9.98. The minimum absolute atomic E-state index is 0.00753. The average molecular weight is 877 g/mol. The summed E-state index contributed by atoms with van der Waals surface area (Å²) in [6, 6.07) is 22.6. The van der Waals surface area contributed by atoms with Crippen molar-refractivity contribution >= 4 is 53.6 Å². The molecule has 1 heterocycles. The zero-order valence-electron chi connectivity index (χ0n) is 35.2. The monoisotopic (exact) mass is 876 g/mol. The van der Waals surface area contributed by atoms with Crippen molar-refractivity contribution in [1.82, 2.24) is 10.6 Å². The van der Waals surface area contributed by atoms with Gasteiger partial charge in [-0.3, -0.25) is 24.0 Å². The third-order valence-electron chi connectivity index (χ3n) is 9.99. The van der Waals surface area contributed by atoms with Gasteiger partial charge in [-0.15, -0.1) is 11.8 Å². The Morgan fingerprint density at radius 2 is 1.23 bits per heavy atom. The molecule has 1 fully saturated rings. The third-order valence-corrected chi connectivity index (χ3v) is 11.2. The molecule has 7 atom stereocenters. The number of nitrogens with one attached hydrogen (secondary N) is 2. The molecule has 3 aromatic carbocycles. The second-order valence-corrected chi connectivity index (χ2v) is 15.8. The van der Waals surface area contributed by atoms with Crippen LogP contribution in [-0.4, -0.2) is 109 Å². The molecule has 17 heteroatoms. The number of carbonyl (C=O) groups is 7. The van der Waals surface area contributed by atoms with Gasteiger partial charge in [-0.2, -0.15) is 0 Å². The van der Waals surface area contributed by atoms with Crippen LogP contribution in [-0.2, 0) is 68.3 Å². The smallest absolute Gasteiger partial charge is 0.407 e. The van der Waals surface area contributed by atoms with Crippen molar-refractivity contribution in [3.8, 4) is 11.1 Å². The van der Waals surface area contributed by atoms with Crippen molar-refractivity contribution in [2.45, 2.75) is 102 Å². The van der Waals surface area contributed by atoms with Gasteiger partial charge in [0, 0.05) is 40.0 Å². The number of hydrogen-bond acceptors (Lipinski definition) is 15. The van der Waals surface area contributed by atoms with Crippen LogP contribution in [0.25, 0.3) is 11.1 Å². The number of rotatable bonds is 19. The van der Waals surface area contributed by atoms with Gasteiger partial charge in [0.2, 0.25) is 5.91 Å². The fraction of sp³-hybridized carbons (Fsp3) is 0.444. The molecule has 3 aromatic rings. The first-order valence-electron chi connectivity index (χ1n) is 20.3. The van der Waals surface area contributed by atoms with Gasteiger partial charge in [0.1, 0.15) is 36.8 Å². The number of alkyl carbamates (subject to hydrolysis) is 1. The van der Waals surface area contributed by atoms with E-state index in [1.54, 1.807) is 6.92 Å². The van der Waals surface area contributed by atoms with E-state index in [9.17, 15) is 33.6 Å². The molecule has 0 radical (unpaired) electrons. The average Bonchev–Trinajstić information content (AvgIpc) is 3.55. The van der Waals surface area contributed by atoms with Gasteiger partial charge in [0.15, 0.2) is 18.3 Å². The van der Waals surface area contributed by atoms with Crippen molar-refractivity contribution in [1.29, 1.82) is 0 Å². The summed E-state index contributed by atoms with van der Waals surface area (Å²) in [6.07, 6.45) is -5.51. The molecule has 62 heavy (non-hydrogen) atoms. The zero-order chi connectivity index (χ0) is 44.8. The normalized spacial score (nSPS) is 19.9. The van der Waals surface area contributed by atoms with Gasteiger partial charge in [0.25, 0.3) is 0 Å². The molecule has 5 rings (SSSR count). The molecule has 16 nitrogen and oxygen atoms in total. The van der Waals surface area contributed by atoms with Gasteiger partial charge in [-0.05, 0) is 53.3 Å². The minimum Gasteiger partial charge on any atom is -0.464 e. The second-order valence-electron chi connectivity index (χ2n) is 14.6. The maximum atomic E-state index is 14.1. The predicted octanol–water partition coefficient (Wildman–Crippen LogP) is 4.78. The van der Waals surface area contributed by atoms with E-state index in [-0.39, 0.29) is 50.8 Å². The van der Waals surface area contributed by atoms with Crippen molar-refractivity contribution in [3.05, 3.63) is 95.6 Å². The fourth-order valence-corrected chi connectivity index (χ4v) is 8.61. The third kappa shape index (κ3) is 13.0. The summed E-state index contributed by atoms with van der Waals surface area (Å²) < 4.78 is 39.0. The molecule has 2 N–H and O–H groups in total. The van der Waals surface area contributed by atoms with E-state index in [1.807, 2.05) is 78.9 Å². The highest BCUT2D eigenvalue weighted by Crippen LogP contribution is 2.44. The number of amides is 2. The van der Waals surface area contributed by atoms with Crippen molar-refractivity contribution < 1.29 is 66.7 Å². The summed E-state index contributed by atoms with van der Waals surface area (Å²) in [7, 11) is 0. The lowest BCUT2D eigenvalue weighted by molar-refractivity contribution is -0.237. The molecule has 0 unspecified atom stereocenters. The highest BCUT2D eigenvalue weighted by molar-refractivity contribution is 7.99. The van der Waals surface area contributed by atoms with E-state index in [2.05, 4.69) is 10.6 Å². The van der Waals surface area contributed by atoms with E-state index >= 15 is 0 Å². The predicted molar refractivity (Wildman–Crippen MR) is 224 cm³/mol. The van der Waals surface area contributed by atoms with E-state index in [4.69, 9.17) is 33.2 Å². The number of hydrogen-bond donors (Lipinski definition) is 2. The highest BCUT2D eigenvalue weighted by atomic mass is 32.2. The zero-order valence-corrected chi connectivity index (χ0v) is 36.0. The minimum atomic E-state index is -1.34. The molecule has 1 saturated heterocycles. The lowest BCUT2D eigenvalue weighted by Crippen LogP contribution is -2.61. The Hall–Kier alpha value is -5.94. The first kappa shape index (κ1) is 47.1. The van der Waals surface area contributed by atoms with Gasteiger partial charge in [0.05, 0.1) is 6.61 Å². The summed E-state index contributed by atoms with van der Waals surface area (Å²) >= 11 is 1.13. The number of ether oxygens (including phenoxy) is 7. The SMILES string of the molecule is CCOC(=O)[C@H](Cc1ccccc1)NC(=O)[C@H](CCCS[C@@H]1O[C@H](COC(C)=O)[C@@H](OC(C)=O)[C@H](OC(C)=O)[C@H]1OC(C)=O)NC(=O)OCC1c2ccccc2-c2ccccc21. The molecule has 2 amide bonds. The van der Waals surface area contributed by atoms with Crippen LogP contribution in [0.15, 0.2) is 78.9 Å². The topological polar surface area (TPSA) is 208 Å². The number of benzene rings is 3. The van der Waals surface area contributed by atoms with Crippen LogP contribution < -0.4 is 10.6 Å². The van der Waals surface area contributed by atoms with E-state index < -0.39 is 83.8 Å². The Balaban J connectivity index is 1.33. The highest BCUT2D eigenvalue weighted by Gasteiger charge is 2.52. The summed E-state index contributed by atoms with van der Waals surface area (Å²) in [5.41, 5.74) is 3.84. The number of fused-ring (bicyclic) bond motifs is 3. The summed E-state index contributed by atoms with van der Waals surface area (Å²) in [5, 5.41) is 5.47. The van der Waals surface area contributed by atoms with E-state index in [1.165, 1.54) is 6.92 Å². The molecular formula is C45H52N2O14S. The fourth-order valence-electron chi connectivity index (χ4n) is 7.42. The van der Waals surface area contributed by atoms with E-state index in [0.29, 0.717) is 0 Å². The number of esters is 5. The Morgan fingerprint density at radius 3 is 1.82 bits per heavy atom. The summed E-state index contributed by atoms with van der Waals surface area (Å²) in [4.78, 5) is 89.3. The van der Waals surface area contributed by atoms with Crippen LogP contribution in [0.1, 0.15) is 70.1 Å². The largest absolute Gasteiger partial charge is 0.464 e. The maximum Gasteiger partial charge on any atom is 0.407 e. The Morgan fingerprint density at radius 1 is 0.645 bits per heavy atom. The van der Waals surface area contributed by atoms with Gasteiger partial charge in [-0.1, -0.05) is 78.9 Å². The summed E-state index contributed by atoms with van der Waals surface area (Å²) in [6.45, 7) is 5.95. The number of carbonyl (C=O) groups excluding carboxylic acids is 7. The van der Waals surface area contributed by atoms with Crippen LogP contribution >= 0.6 is 11.8 Å². The van der Waals surface area contributed by atoms with Crippen LogP contribution in [0.3, 0.4) is 0 Å². The molecule has 332 valence electrons. The standard InChI is InChI=1S/C45H52N2O14S/c1-6-55-43(53)37(23-30-15-8-7-9-16-30)46-42(52)36(47-45(54)57-24-35-33-19-12-10-17-31(33)32-18-11-13-20-34(32)35)21-14-22-62-44-41(60-29(5)51)40(59-28(4)50)39(58-27(3)49)38(61-44)25-56-26(2)48/h7-13,15-20,35-41,44H,6,14,21-25H2,1-5H3,(H,46,52)(H,47,54)/t36-,37-,38+,39+,40-,41+,44-/m0/s1. The van der Waals surface area contributed by atoms with Gasteiger partial charge in [-0.25, -0.2) is 9.59 Å². The summed E-state index contributed by atoms with van der Waals surface area (Å²) in [5.74, 6) is -4.23. The van der Waals surface area contributed by atoms with Crippen LogP contribution in [0.5, 0.6) is 0 Å². The Bertz CT molecular complexity index is 2020. The Kier molecular flexibility index (Phi) is 17.3. The Labute approximate surface area is 364 Å². The van der Waals surface area contributed by atoms with Gasteiger partial charge < -0.3 is 43.8 Å². The number of thioether (sulfide) groups is 1. The van der Waals surface area contributed by atoms with Crippen molar-refractivity contribution in [3.63, 3.8) is 0 Å². The molecule has 1 aliphatic heterocycles. The van der Waals surface area contributed by atoms with E-state index in [0.717, 1.165) is 60.4 Å². The van der Waals surface area contributed by atoms with Crippen LogP contribution in [0, 0.1) is 0 Å². The quantitative estimate of drug-likeness (QED) is 0.0944. The first-order chi connectivity index (χ1) is 29.7. The molecule has 0 spiro atoms. The molecule has 0 bridgehead atoms. The van der Waals surface area contributed by atoms with Crippen molar-refractivity contribution in [2.24, 2.45) is 0 Å².